The van der Waals surface area contributed by atoms with Gasteiger partial charge >= 0.3 is 0 Å². The highest BCUT2D eigenvalue weighted by atomic mass is 31.0. The smallest absolute Gasteiger partial charge is 0.260 e. The molecule has 0 bridgehead atoms. The van der Waals surface area contributed by atoms with E-state index < -0.39 is 0 Å². The number of benzene rings is 1. The van der Waals surface area contributed by atoms with E-state index in [-0.39, 0.29) is 18.0 Å². The number of hydrogen-bond acceptors (Lipinski definition) is 6. The van der Waals surface area contributed by atoms with E-state index in [1.54, 1.807) is 0 Å². The minimum atomic E-state index is -0.217. The van der Waals surface area contributed by atoms with Crippen molar-refractivity contribution in [2.75, 3.05) is 19.7 Å². The van der Waals surface area contributed by atoms with E-state index in [2.05, 4.69) is 30.8 Å². The number of hydrogen-bond donors (Lipinski definition) is 4. The van der Waals surface area contributed by atoms with Crippen molar-refractivity contribution in [1.82, 2.24) is 21.4 Å². The van der Waals surface area contributed by atoms with Crippen LogP contribution in [0.3, 0.4) is 0 Å². The van der Waals surface area contributed by atoms with Crippen LogP contribution in [0.1, 0.15) is 18.4 Å². The van der Waals surface area contributed by atoms with E-state index in [4.69, 9.17) is 9.68 Å². The first kappa shape index (κ1) is 18.3. The Bertz CT molecular complexity index is 455. The highest BCUT2D eigenvalue weighted by Crippen LogP contribution is 2.09. The third kappa shape index (κ3) is 6.91. The molecule has 1 saturated heterocycles. The van der Waals surface area contributed by atoms with Crippen molar-refractivity contribution in [3.8, 4) is 0 Å². The van der Waals surface area contributed by atoms with Gasteiger partial charge in [0.05, 0.1) is 19.3 Å². The molecule has 3 atom stereocenters. The number of piperidine rings is 1. The van der Waals surface area contributed by atoms with Crippen LogP contribution >= 0.6 is 9.39 Å². The molecule has 0 radical (unpaired) electrons. The van der Waals surface area contributed by atoms with Crippen molar-refractivity contribution in [3.63, 3.8) is 0 Å². The minimum absolute atomic E-state index is 0.127. The van der Waals surface area contributed by atoms with Crippen LogP contribution in [0.15, 0.2) is 30.3 Å². The van der Waals surface area contributed by atoms with Crippen LogP contribution in [0.2, 0.25) is 0 Å². The van der Waals surface area contributed by atoms with Crippen LogP contribution in [0.4, 0.5) is 0 Å². The summed E-state index contributed by atoms with van der Waals surface area (Å²) >= 11 is 0. The Morgan fingerprint density at radius 3 is 2.78 bits per heavy atom. The van der Waals surface area contributed by atoms with E-state index >= 15 is 0 Å². The molecule has 1 aromatic carbocycles. The van der Waals surface area contributed by atoms with Crippen molar-refractivity contribution in [2.45, 2.75) is 31.5 Å². The van der Waals surface area contributed by atoms with Gasteiger partial charge in [-0.25, -0.2) is 5.48 Å². The van der Waals surface area contributed by atoms with Gasteiger partial charge in [-0.3, -0.25) is 19.6 Å². The first-order valence-electron chi connectivity index (χ1n) is 7.79. The Balaban J connectivity index is 1.57. The Morgan fingerprint density at radius 2 is 2.09 bits per heavy atom. The number of carbonyl (C=O) groups excluding carboxylic acids is 1. The summed E-state index contributed by atoms with van der Waals surface area (Å²) < 4.78 is 0. The second-order valence-corrected chi connectivity index (χ2v) is 5.80. The van der Waals surface area contributed by atoms with E-state index in [1.807, 2.05) is 30.3 Å². The number of hydroxylamine groups is 2. The van der Waals surface area contributed by atoms with E-state index in [0.717, 1.165) is 18.4 Å². The van der Waals surface area contributed by atoms with Crippen LogP contribution in [0.5, 0.6) is 0 Å². The van der Waals surface area contributed by atoms with Crippen molar-refractivity contribution in [1.29, 1.82) is 0 Å². The Kier molecular flexibility index (Phi) is 8.46. The van der Waals surface area contributed by atoms with Crippen LogP contribution in [0.25, 0.3) is 0 Å². The summed E-state index contributed by atoms with van der Waals surface area (Å²) in [6, 6.07) is 9.98. The second kappa shape index (κ2) is 10.6. The molecule has 0 spiro atoms. The summed E-state index contributed by atoms with van der Waals surface area (Å²) in [4.78, 5) is 22.5. The highest BCUT2D eigenvalue weighted by Gasteiger charge is 2.25. The summed E-state index contributed by atoms with van der Waals surface area (Å²) in [5, 5.41) is 6.06. The van der Waals surface area contributed by atoms with Gasteiger partial charge < -0.3 is 5.32 Å². The zero-order valence-electron chi connectivity index (χ0n) is 13.1. The first-order chi connectivity index (χ1) is 11.3. The molecule has 8 heteroatoms. The fourth-order valence-electron chi connectivity index (χ4n) is 2.30. The lowest BCUT2D eigenvalue weighted by Gasteiger charge is -2.29. The predicted octanol–water partition coefficient (Wildman–Crippen LogP) is 0.256. The molecule has 7 nitrogen and oxygen atoms in total. The van der Waals surface area contributed by atoms with E-state index in [1.165, 1.54) is 0 Å². The summed E-state index contributed by atoms with van der Waals surface area (Å²) in [6.07, 6.45) is 1.61. The van der Waals surface area contributed by atoms with Gasteiger partial charge in [-0.15, -0.1) is 0 Å². The molecule has 2 rings (SSSR count). The second-order valence-electron chi connectivity index (χ2n) is 5.40. The molecule has 0 saturated carbocycles. The van der Waals surface area contributed by atoms with Crippen LogP contribution in [0, 0.1) is 0 Å². The average molecular weight is 340 g/mol. The van der Waals surface area contributed by atoms with Crippen LogP contribution in [-0.2, 0) is 21.1 Å². The fraction of sp³-hybridized carbons (Fsp3) is 0.533. The van der Waals surface area contributed by atoms with E-state index in [9.17, 15) is 4.79 Å². The van der Waals surface area contributed by atoms with Gasteiger partial charge in [-0.05, 0) is 18.4 Å². The first-order valence-corrected chi connectivity index (χ1v) is 8.37. The Hall–Kier alpha value is -1.08. The lowest BCUT2D eigenvalue weighted by molar-refractivity contribution is -0.136. The molecule has 23 heavy (non-hydrogen) atoms. The van der Waals surface area contributed by atoms with Gasteiger partial charge in [0.15, 0.2) is 0 Å². The molecule has 0 aromatic heterocycles. The number of rotatable bonds is 9. The summed E-state index contributed by atoms with van der Waals surface area (Å²) in [6.45, 7) is 2.30. The number of carbonyl (C=O) groups is 1. The van der Waals surface area contributed by atoms with Crippen molar-refractivity contribution < 1.29 is 14.5 Å². The predicted molar refractivity (Wildman–Crippen MR) is 91.0 cm³/mol. The van der Waals surface area contributed by atoms with Gasteiger partial charge in [-0.2, -0.15) is 5.48 Å². The maximum atomic E-state index is 11.9. The maximum Gasteiger partial charge on any atom is 0.260 e. The largest absolute Gasteiger partial charge is 0.304 e. The third-order valence-corrected chi connectivity index (χ3v) is 3.87. The molecule has 1 fully saturated rings. The molecule has 128 valence electrons. The number of nitrogens with one attached hydrogen (secondary N) is 4. The molecular formula is C15H25N4O3P. The molecular weight excluding hydrogens is 315 g/mol. The molecule has 1 aromatic rings. The summed E-state index contributed by atoms with van der Waals surface area (Å²) in [7, 11) is 2.38. The normalized spacial score (nSPS) is 21.1. The molecule has 4 N–H and O–H groups in total. The summed E-state index contributed by atoms with van der Waals surface area (Å²) in [5.41, 5.74) is 6.64. The average Bonchev–Trinajstić information content (AvgIpc) is 2.60. The zero-order chi connectivity index (χ0) is 16.3. The zero-order valence-corrected chi connectivity index (χ0v) is 14.2. The van der Waals surface area contributed by atoms with Gasteiger partial charge in [-0.1, -0.05) is 39.7 Å². The minimum Gasteiger partial charge on any atom is -0.304 e. The van der Waals surface area contributed by atoms with Gasteiger partial charge in [0, 0.05) is 19.1 Å². The Morgan fingerprint density at radius 1 is 1.26 bits per heavy atom. The molecule has 1 amide bonds. The van der Waals surface area contributed by atoms with Crippen LogP contribution in [-0.4, -0.2) is 37.7 Å². The van der Waals surface area contributed by atoms with Gasteiger partial charge in [0.2, 0.25) is 0 Å². The van der Waals surface area contributed by atoms with Crippen molar-refractivity contribution in [3.05, 3.63) is 35.9 Å². The van der Waals surface area contributed by atoms with Crippen molar-refractivity contribution >= 4 is 15.3 Å². The maximum absolute atomic E-state index is 11.9. The topological polar surface area (TPSA) is 83.7 Å². The monoisotopic (exact) mass is 340 g/mol. The van der Waals surface area contributed by atoms with E-state index in [0.29, 0.717) is 26.3 Å². The quantitative estimate of drug-likeness (QED) is 0.293. The molecule has 1 aliphatic heterocycles. The van der Waals surface area contributed by atoms with Crippen molar-refractivity contribution in [2.24, 2.45) is 0 Å². The lowest BCUT2D eigenvalue weighted by atomic mass is 10.0. The third-order valence-electron chi connectivity index (χ3n) is 3.58. The summed E-state index contributed by atoms with van der Waals surface area (Å²) in [5.74, 6) is -0.127. The number of amides is 1. The highest BCUT2D eigenvalue weighted by molar-refractivity contribution is 7.13. The molecule has 1 aliphatic rings. The van der Waals surface area contributed by atoms with Gasteiger partial charge in [0.1, 0.15) is 0 Å². The van der Waals surface area contributed by atoms with Crippen LogP contribution < -0.4 is 21.4 Å². The fourth-order valence-corrected chi connectivity index (χ4v) is 2.42. The molecule has 1 unspecified atom stereocenters. The van der Waals surface area contributed by atoms with Gasteiger partial charge in [0.25, 0.3) is 5.91 Å². The lowest BCUT2D eigenvalue weighted by Crippen LogP contribution is -2.53. The molecule has 1 heterocycles. The Labute approximate surface area is 139 Å². The molecule has 0 aliphatic carbocycles. The standard InChI is InChI=1S/C15H25N4O3P/c20-15(19-21-9-8-17-23)14-7-6-13(10-16-14)18-22-11-12-4-2-1-3-5-12/h1-5,13-14,16-18H,6-11,23H2,(H,19,20)/t13-,14+/m1/s1. The SMILES string of the molecule is O=C(NOCCNP)[C@@H]1CC[C@@H](NOCc2ccccc2)CN1.